The molecule has 0 saturated heterocycles. The van der Waals surface area contributed by atoms with Crippen LogP contribution in [0, 0.1) is 0 Å². The number of fused-ring (bicyclic) bond motifs is 4. The molecule has 0 bridgehead atoms. The van der Waals surface area contributed by atoms with Crippen LogP contribution >= 0.6 is 20.6 Å². The zero-order chi connectivity index (χ0) is 24.1. The first-order valence-corrected chi connectivity index (χ1v) is 13.4. The van der Waals surface area contributed by atoms with Gasteiger partial charge < -0.3 is 0 Å². The third kappa shape index (κ3) is 3.80. The molecule has 1 unspecified atom stereocenters. The van der Waals surface area contributed by atoms with Gasteiger partial charge in [0, 0.05) is 37.5 Å². The quantitative estimate of drug-likeness (QED) is 0.223. The molecule has 170 valence electrons. The van der Waals surface area contributed by atoms with Gasteiger partial charge in [0.25, 0.3) is 0 Å². The van der Waals surface area contributed by atoms with E-state index < -0.39 is 0 Å². The second-order valence-corrected chi connectivity index (χ2v) is 10.9. The van der Waals surface area contributed by atoms with E-state index in [0.717, 1.165) is 16.8 Å². The van der Waals surface area contributed by atoms with Crippen molar-refractivity contribution in [1.82, 2.24) is 4.98 Å². The van der Waals surface area contributed by atoms with Crippen molar-refractivity contribution in [3.63, 3.8) is 0 Å². The van der Waals surface area contributed by atoms with E-state index in [-0.39, 0.29) is 0 Å². The van der Waals surface area contributed by atoms with Gasteiger partial charge in [-0.15, -0.1) is 20.6 Å². The maximum absolute atomic E-state index is 4.84. The Morgan fingerprint density at radius 3 is 1.89 bits per heavy atom. The van der Waals surface area contributed by atoms with Crippen molar-refractivity contribution in [1.29, 1.82) is 0 Å². The predicted octanol–water partition coefficient (Wildman–Crippen LogP) is 9.10. The Morgan fingerprint density at radius 2 is 1.14 bits per heavy atom. The van der Waals surface area contributed by atoms with Gasteiger partial charge in [-0.25, -0.2) is 0 Å². The first-order chi connectivity index (χ1) is 17.7. The van der Waals surface area contributed by atoms with Crippen LogP contribution in [0.2, 0.25) is 0 Å². The minimum Gasteiger partial charge on any atom is -0.256 e. The van der Waals surface area contributed by atoms with Gasteiger partial charge in [-0.3, -0.25) is 4.98 Å². The van der Waals surface area contributed by atoms with Crippen molar-refractivity contribution in [2.75, 3.05) is 0 Å². The number of hydrogen-bond acceptors (Lipinski definition) is 2. The standard InChI is InChI=1S/C33H22NPS/c35-28-13-9-21(10-14-28)22-5-6-24-18-25(8-7-23(24)17-22)27-11-15-31(34-20-27)26-12-16-33-30(19-26)29-3-1-2-4-32(29)36-33/h1-20H,35H2. The van der Waals surface area contributed by atoms with Gasteiger partial charge in [0.1, 0.15) is 0 Å². The molecule has 2 aromatic heterocycles. The lowest BCUT2D eigenvalue weighted by molar-refractivity contribution is 1.33. The molecule has 0 N–H and O–H groups in total. The summed E-state index contributed by atoms with van der Waals surface area (Å²) < 4.78 is 2.65. The summed E-state index contributed by atoms with van der Waals surface area (Å²) in [6.45, 7) is 0. The zero-order valence-corrected chi connectivity index (χ0v) is 21.5. The molecule has 36 heavy (non-hydrogen) atoms. The van der Waals surface area contributed by atoms with E-state index in [2.05, 4.69) is 125 Å². The molecular formula is C33H22NPS. The number of aromatic nitrogens is 1. The highest BCUT2D eigenvalue weighted by Crippen LogP contribution is 2.36. The molecule has 0 aliphatic carbocycles. The molecule has 2 heterocycles. The summed E-state index contributed by atoms with van der Waals surface area (Å²) in [5.41, 5.74) is 6.93. The van der Waals surface area contributed by atoms with Gasteiger partial charge in [-0.1, -0.05) is 78.9 Å². The van der Waals surface area contributed by atoms with Crippen LogP contribution in [0.25, 0.3) is 64.5 Å². The van der Waals surface area contributed by atoms with Crippen LogP contribution in [0.15, 0.2) is 121 Å². The first-order valence-electron chi connectivity index (χ1n) is 12.0. The van der Waals surface area contributed by atoms with Crippen LogP contribution in [0.5, 0.6) is 0 Å². The van der Waals surface area contributed by atoms with Gasteiger partial charge in [0.05, 0.1) is 5.69 Å². The maximum Gasteiger partial charge on any atom is 0.0702 e. The van der Waals surface area contributed by atoms with Gasteiger partial charge in [0.15, 0.2) is 0 Å². The Hall–Kier alpha value is -3.84. The summed E-state index contributed by atoms with van der Waals surface area (Å²) >= 11 is 1.84. The van der Waals surface area contributed by atoms with Crippen LogP contribution < -0.4 is 5.30 Å². The lowest BCUT2D eigenvalue weighted by atomic mass is 9.98. The van der Waals surface area contributed by atoms with Gasteiger partial charge in [0.2, 0.25) is 0 Å². The Kier molecular flexibility index (Phi) is 5.17. The zero-order valence-electron chi connectivity index (χ0n) is 19.5. The van der Waals surface area contributed by atoms with Crippen molar-refractivity contribution < 1.29 is 0 Å². The lowest BCUT2D eigenvalue weighted by Gasteiger charge is -2.08. The van der Waals surface area contributed by atoms with Crippen LogP contribution in [0.1, 0.15) is 0 Å². The topological polar surface area (TPSA) is 12.9 Å². The van der Waals surface area contributed by atoms with E-state index in [0.29, 0.717) is 0 Å². The average molecular weight is 496 g/mol. The highest BCUT2D eigenvalue weighted by Gasteiger charge is 2.08. The van der Waals surface area contributed by atoms with E-state index >= 15 is 0 Å². The predicted molar refractivity (Wildman–Crippen MR) is 160 cm³/mol. The number of benzene rings is 5. The maximum atomic E-state index is 4.84. The fourth-order valence-electron chi connectivity index (χ4n) is 4.90. The molecule has 0 aliphatic rings. The molecule has 0 amide bonds. The molecule has 1 atom stereocenters. The summed E-state index contributed by atoms with van der Waals surface area (Å²) in [6.07, 6.45) is 1.99. The third-order valence-electron chi connectivity index (χ3n) is 6.85. The normalized spacial score (nSPS) is 11.5. The number of thiophene rings is 1. The SMILES string of the molecule is Pc1ccc(-c2ccc3cc(-c4ccc(-c5ccc6sc7ccccc7c6c5)nc4)ccc3c2)cc1. The molecular weight excluding hydrogens is 473 g/mol. The summed E-state index contributed by atoms with van der Waals surface area (Å²) in [7, 11) is 2.74. The monoisotopic (exact) mass is 495 g/mol. The fourth-order valence-corrected chi connectivity index (χ4v) is 6.18. The number of rotatable bonds is 3. The summed E-state index contributed by atoms with van der Waals surface area (Å²) in [5, 5.41) is 6.29. The Bertz CT molecular complexity index is 1880. The van der Waals surface area contributed by atoms with Crippen LogP contribution in [-0.4, -0.2) is 4.98 Å². The number of hydrogen-bond donors (Lipinski definition) is 0. The molecule has 3 heteroatoms. The largest absolute Gasteiger partial charge is 0.256 e. The van der Waals surface area contributed by atoms with Crippen LogP contribution in [-0.2, 0) is 0 Å². The van der Waals surface area contributed by atoms with Crippen molar-refractivity contribution in [2.45, 2.75) is 0 Å². The van der Waals surface area contributed by atoms with Gasteiger partial charge >= 0.3 is 0 Å². The van der Waals surface area contributed by atoms with Gasteiger partial charge in [-0.2, -0.15) is 0 Å². The van der Waals surface area contributed by atoms with Crippen molar-refractivity contribution >= 4 is 56.8 Å². The van der Waals surface area contributed by atoms with Crippen LogP contribution in [0.3, 0.4) is 0 Å². The highest BCUT2D eigenvalue weighted by atomic mass is 32.1. The molecule has 0 saturated carbocycles. The summed E-state index contributed by atoms with van der Waals surface area (Å²) in [4.78, 5) is 4.84. The minimum atomic E-state index is 0.998. The second kappa shape index (κ2) is 8.68. The summed E-state index contributed by atoms with van der Waals surface area (Å²) in [5.74, 6) is 0. The van der Waals surface area contributed by atoms with E-state index in [9.17, 15) is 0 Å². The Labute approximate surface area is 216 Å². The molecule has 1 nitrogen and oxygen atoms in total. The molecule has 0 fully saturated rings. The Morgan fingerprint density at radius 1 is 0.500 bits per heavy atom. The third-order valence-corrected chi connectivity index (χ3v) is 8.39. The van der Waals surface area contributed by atoms with Crippen molar-refractivity contribution in [3.8, 4) is 33.5 Å². The average Bonchev–Trinajstić information content (AvgIpc) is 3.31. The van der Waals surface area contributed by atoms with Crippen molar-refractivity contribution in [2.24, 2.45) is 0 Å². The number of pyridine rings is 1. The molecule has 0 spiro atoms. The van der Waals surface area contributed by atoms with E-state index in [1.54, 1.807) is 0 Å². The van der Waals surface area contributed by atoms with Crippen LogP contribution in [0.4, 0.5) is 0 Å². The highest BCUT2D eigenvalue weighted by molar-refractivity contribution is 7.27. The van der Waals surface area contributed by atoms with Crippen molar-refractivity contribution in [3.05, 3.63) is 121 Å². The molecule has 0 radical (unpaired) electrons. The smallest absolute Gasteiger partial charge is 0.0702 e. The van der Waals surface area contributed by atoms with Gasteiger partial charge in [-0.05, 0) is 69.2 Å². The molecule has 7 aromatic rings. The molecule has 0 aliphatic heterocycles. The first kappa shape index (κ1) is 21.4. The van der Waals surface area contributed by atoms with E-state index in [1.807, 2.05) is 17.5 Å². The fraction of sp³-hybridized carbons (Fsp3) is 0. The Balaban J connectivity index is 1.20. The van der Waals surface area contributed by atoms with E-state index in [4.69, 9.17) is 4.98 Å². The second-order valence-electron chi connectivity index (χ2n) is 9.14. The minimum absolute atomic E-state index is 0.998. The van der Waals surface area contributed by atoms with E-state index in [1.165, 1.54) is 52.9 Å². The molecule has 5 aromatic carbocycles. The summed E-state index contributed by atoms with van der Waals surface area (Å²) in [6, 6.07) is 41.5. The number of nitrogens with zero attached hydrogens (tertiary/aromatic N) is 1. The molecule has 7 rings (SSSR count). The lowest BCUT2D eigenvalue weighted by Crippen LogP contribution is -1.88.